The monoisotopic (exact) mass is 462 g/mol. The number of pyridine rings is 1. The van der Waals surface area contributed by atoms with E-state index >= 15 is 0 Å². The average molecular weight is 463 g/mol. The second kappa shape index (κ2) is 11.8. The molecule has 0 saturated carbocycles. The normalized spacial score (nSPS) is 13.8. The number of amides is 2. The molecule has 1 aliphatic heterocycles. The molecule has 0 aliphatic carbocycles. The lowest BCUT2D eigenvalue weighted by Crippen LogP contribution is -2.49. The first-order valence-corrected chi connectivity index (χ1v) is 11.9. The van der Waals surface area contributed by atoms with Gasteiger partial charge in [0.2, 0.25) is 5.91 Å². The van der Waals surface area contributed by atoms with Gasteiger partial charge in [-0.3, -0.25) is 9.59 Å². The summed E-state index contributed by atoms with van der Waals surface area (Å²) >= 11 is 1.78. The number of anilines is 1. The fourth-order valence-electron chi connectivity index (χ4n) is 3.48. The molecule has 2 aromatic rings. The number of carbonyl (C=O) groups excluding carboxylic acids is 2. The van der Waals surface area contributed by atoms with E-state index in [1.807, 2.05) is 6.07 Å². The van der Waals surface area contributed by atoms with Crippen LogP contribution >= 0.6 is 11.8 Å². The smallest absolute Gasteiger partial charge is 0.252 e. The number of hydrogen-bond donors (Lipinski definition) is 1. The summed E-state index contributed by atoms with van der Waals surface area (Å²) < 4.78 is 26.3. The SMILES string of the molecule is CCSCCNC(=O)c1ccc(N2CCN(C(=O)CCc3ccc(F)c(F)c3)CC2)nc1. The molecule has 1 N–H and O–H groups in total. The molecule has 0 bridgehead atoms. The summed E-state index contributed by atoms with van der Waals surface area (Å²) in [5.74, 6) is 0.779. The van der Waals surface area contributed by atoms with Crippen LogP contribution < -0.4 is 10.2 Å². The van der Waals surface area contributed by atoms with Crippen molar-refractivity contribution in [3.8, 4) is 0 Å². The van der Waals surface area contributed by atoms with Gasteiger partial charge in [-0.1, -0.05) is 13.0 Å². The van der Waals surface area contributed by atoms with Crippen LogP contribution in [0, 0.1) is 11.6 Å². The third kappa shape index (κ3) is 6.66. The van der Waals surface area contributed by atoms with Crippen LogP contribution in [0.2, 0.25) is 0 Å². The predicted octanol–water partition coefficient (Wildman–Crippen LogP) is 3.12. The second-order valence-electron chi connectivity index (χ2n) is 7.47. The zero-order valence-electron chi connectivity index (χ0n) is 18.2. The molecule has 2 amide bonds. The van der Waals surface area contributed by atoms with Crippen LogP contribution in [0.1, 0.15) is 29.3 Å². The number of carbonyl (C=O) groups is 2. The van der Waals surface area contributed by atoms with Crippen molar-refractivity contribution in [3.05, 3.63) is 59.3 Å². The van der Waals surface area contributed by atoms with E-state index in [1.54, 1.807) is 28.9 Å². The fourth-order valence-corrected chi connectivity index (χ4v) is 4.02. The lowest BCUT2D eigenvalue weighted by atomic mass is 10.1. The Bertz CT molecular complexity index is 919. The number of piperazine rings is 1. The molecule has 1 aromatic carbocycles. The van der Waals surface area contributed by atoms with E-state index < -0.39 is 11.6 Å². The third-order valence-electron chi connectivity index (χ3n) is 5.31. The van der Waals surface area contributed by atoms with E-state index in [9.17, 15) is 18.4 Å². The first-order valence-electron chi connectivity index (χ1n) is 10.8. The first-order chi connectivity index (χ1) is 15.5. The molecule has 9 heteroatoms. The Kier molecular flexibility index (Phi) is 8.84. The Balaban J connectivity index is 1.44. The van der Waals surface area contributed by atoms with E-state index in [4.69, 9.17) is 0 Å². The van der Waals surface area contributed by atoms with Gasteiger partial charge in [0, 0.05) is 51.1 Å². The number of thioether (sulfide) groups is 1. The van der Waals surface area contributed by atoms with Crippen molar-refractivity contribution in [1.82, 2.24) is 15.2 Å². The molecule has 1 aromatic heterocycles. The summed E-state index contributed by atoms with van der Waals surface area (Å²) in [7, 11) is 0. The standard InChI is InChI=1S/C23H28F2N4O2S/c1-2-32-14-9-26-23(31)18-5-7-21(27-16-18)28-10-12-29(13-11-28)22(30)8-4-17-3-6-19(24)20(25)15-17/h3,5-7,15-16H,2,4,8-14H2,1H3,(H,26,31). The molecular weight excluding hydrogens is 434 g/mol. The number of rotatable bonds is 9. The molecule has 1 saturated heterocycles. The fraction of sp³-hybridized carbons (Fsp3) is 0.435. The highest BCUT2D eigenvalue weighted by Gasteiger charge is 2.22. The van der Waals surface area contributed by atoms with Crippen molar-refractivity contribution in [2.24, 2.45) is 0 Å². The van der Waals surface area contributed by atoms with E-state index in [1.165, 1.54) is 6.07 Å². The summed E-state index contributed by atoms with van der Waals surface area (Å²) in [4.78, 5) is 32.9. The van der Waals surface area contributed by atoms with Crippen LogP contribution in [-0.4, -0.2) is 65.9 Å². The summed E-state index contributed by atoms with van der Waals surface area (Å²) in [6.45, 7) is 5.13. The molecule has 6 nitrogen and oxygen atoms in total. The van der Waals surface area contributed by atoms with E-state index in [-0.39, 0.29) is 18.2 Å². The maximum atomic E-state index is 13.3. The topological polar surface area (TPSA) is 65.5 Å². The largest absolute Gasteiger partial charge is 0.353 e. The van der Waals surface area contributed by atoms with E-state index in [0.717, 1.165) is 29.5 Å². The first kappa shape index (κ1) is 24.0. The van der Waals surface area contributed by atoms with Gasteiger partial charge in [-0.05, 0) is 42.0 Å². The number of hydrogen-bond acceptors (Lipinski definition) is 5. The molecule has 3 rings (SSSR count). The predicted molar refractivity (Wildman–Crippen MR) is 123 cm³/mol. The average Bonchev–Trinajstić information content (AvgIpc) is 2.82. The highest BCUT2D eigenvalue weighted by atomic mass is 32.2. The number of aryl methyl sites for hydroxylation is 1. The van der Waals surface area contributed by atoms with Crippen molar-refractivity contribution in [2.75, 3.05) is 49.1 Å². The second-order valence-corrected chi connectivity index (χ2v) is 8.87. The van der Waals surface area contributed by atoms with Crippen molar-refractivity contribution in [1.29, 1.82) is 0 Å². The zero-order chi connectivity index (χ0) is 22.9. The Morgan fingerprint density at radius 1 is 1.09 bits per heavy atom. The minimum Gasteiger partial charge on any atom is -0.353 e. The van der Waals surface area contributed by atoms with Gasteiger partial charge in [0.15, 0.2) is 11.6 Å². The van der Waals surface area contributed by atoms with Crippen molar-refractivity contribution < 1.29 is 18.4 Å². The van der Waals surface area contributed by atoms with Crippen molar-refractivity contribution >= 4 is 29.4 Å². The number of nitrogens with zero attached hydrogens (tertiary/aromatic N) is 3. The van der Waals surface area contributed by atoms with Crippen LogP contribution in [0.3, 0.4) is 0 Å². The summed E-state index contributed by atoms with van der Waals surface area (Å²) in [6.07, 6.45) is 2.21. The number of nitrogens with one attached hydrogen (secondary N) is 1. The molecule has 2 heterocycles. The Hall–Kier alpha value is -2.68. The number of benzene rings is 1. The maximum absolute atomic E-state index is 13.3. The molecular formula is C23H28F2N4O2S. The molecule has 172 valence electrons. The highest BCUT2D eigenvalue weighted by Crippen LogP contribution is 2.16. The van der Waals surface area contributed by atoms with Crippen LogP contribution in [0.4, 0.5) is 14.6 Å². The molecule has 0 unspecified atom stereocenters. The minimum absolute atomic E-state index is 0.00408. The molecule has 1 fully saturated rings. The molecule has 32 heavy (non-hydrogen) atoms. The van der Waals surface area contributed by atoms with Crippen molar-refractivity contribution in [3.63, 3.8) is 0 Å². The zero-order valence-corrected chi connectivity index (χ0v) is 19.0. The number of halogens is 2. The lowest BCUT2D eigenvalue weighted by Gasteiger charge is -2.35. The highest BCUT2D eigenvalue weighted by molar-refractivity contribution is 7.99. The molecule has 1 aliphatic rings. The van der Waals surface area contributed by atoms with E-state index in [0.29, 0.717) is 50.3 Å². The van der Waals surface area contributed by atoms with Crippen LogP contribution in [0.5, 0.6) is 0 Å². The summed E-state index contributed by atoms with van der Waals surface area (Å²) in [6, 6.07) is 7.32. The van der Waals surface area contributed by atoms with Crippen LogP contribution in [-0.2, 0) is 11.2 Å². The number of aromatic nitrogens is 1. The maximum Gasteiger partial charge on any atom is 0.252 e. The van der Waals surface area contributed by atoms with Gasteiger partial charge in [-0.15, -0.1) is 0 Å². The van der Waals surface area contributed by atoms with Crippen LogP contribution in [0.25, 0.3) is 0 Å². The Morgan fingerprint density at radius 2 is 1.88 bits per heavy atom. The quantitative estimate of drug-likeness (QED) is 0.580. The third-order valence-corrected chi connectivity index (χ3v) is 6.22. The van der Waals surface area contributed by atoms with Gasteiger partial charge in [0.25, 0.3) is 5.91 Å². The summed E-state index contributed by atoms with van der Waals surface area (Å²) in [5.41, 5.74) is 1.13. The van der Waals surface area contributed by atoms with Gasteiger partial charge < -0.3 is 15.1 Å². The van der Waals surface area contributed by atoms with Gasteiger partial charge in [0.05, 0.1) is 5.56 Å². The molecule has 0 atom stereocenters. The Morgan fingerprint density at radius 3 is 2.53 bits per heavy atom. The minimum atomic E-state index is -0.893. The summed E-state index contributed by atoms with van der Waals surface area (Å²) in [5, 5.41) is 2.88. The van der Waals surface area contributed by atoms with Gasteiger partial charge in [-0.25, -0.2) is 13.8 Å². The van der Waals surface area contributed by atoms with E-state index in [2.05, 4.69) is 22.1 Å². The van der Waals surface area contributed by atoms with Gasteiger partial charge in [-0.2, -0.15) is 11.8 Å². The van der Waals surface area contributed by atoms with Gasteiger partial charge >= 0.3 is 0 Å². The van der Waals surface area contributed by atoms with Gasteiger partial charge in [0.1, 0.15) is 5.82 Å². The molecule has 0 spiro atoms. The molecule has 0 radical (unpaired) electrons. The van der Waals surface area contributed by atoms with Crippen molar-refractivity contribution in [2.45, 2.75) is 19.8 Å². The Labute approximate surface area is 191 Å². The lowest BCUT2D eigenvalue weighted by molar-refractivity contribution is -0.131. The van der Waals surface area contributed by atoms with Crippen LogP contribution in [0.15, 0.2) is 36.5 Å².